The first kappa shape index (κ1) is 12.5. The van der Waals surface area contributed by atoms with Gasteiger partial charge in [-0.15, -0.1) is 0 Å². The van der Waals surface area contributed by atoms with E-state index in [0.717, 1.165) is 17.7 Å². The third-order valence-electron chi connectivity index (χ3n) is 3.40. The molecule has 4 heteroatoms. The molecular formula is C16H16N2O2. The Morgan fingerprint density at radius 2 is 1.80 bits per heavy atom. The number of hydrogen-bond donors (Lipinski definition) is 2. The zero-order valence-electron chi connectivity index (χ0n) is 11.2. The van der Waals surface area contributed by atoms with Crippen LogP contribution in [-0.4, -0.2) is 11.9 Å². The normalized spacial score (nSPS) is 16.6. The number of ketones is 1. The van der Waals surface area contributed by atoms with Crippen LogP contribution in [0.2, 0.25) is 0 Å². The molecular weight excluding hydrogens is 252 g/mol. The van der Waals surface area contributed by atoms with Gasteiger partial charge in [0.25, 0.3) is 0 Å². The number of fused-ring (bicyclic) bond motifs is 1. The Morgan fingerprint density at radius 1 is 1.10 bits per heavy atom. The lowest BCUT2D eigenvalue weighted by molar-refractivity contribution is 0.103. The molecule has 0 fully saturated rings. The molecule has 2 aromatic rings. The molecule has 0 amide bonds. The lowest BCUT2D eigenvalue weighted by atomic mass is 9.99. The maximum absolute atomic E-state index is 12.5. The molecule has 4 N–H and O–H groups in total. The number of nitrogen functional groups attached to an aromatic ring is 2. The minimum absolute atomic E-state index is 0.0775. The van der Waals surface area contributed by atoms with Crippen LogP contribution in [0.1, 0.15) is 28.4 Å². The standard InChI is InChI=1S/C16H16N2O2/c1-9-4-11-5-10(2-3-15(11)20-9)16(19)12-6-13(17)8-14(18)7-12/h2-3,5-9H,4,17-18H2,1H3. The molecule has 3 rings (SSSR count). The van der Waals surface area contributed by atoms with E-state index in [1.807, 2.05) is 19.1 Å². The highest BCUT2D eigenvalue weighted by atomic mass is 16.5. The number of benzene rings is 2. The summed E-state index contributed by atoms with van der Waals surface area (Å²) in [5.41, 5.74) is 14.7. The highest BCUT2D eigenvalue weighted by Crippen LogP contribution is 2.30. The Hall–Kier alpha value is -2.49. The number of anilines is 2. The van der Waals surface area contributed by atoms with Gasteiger partial charge in [-0.1, -0.05) is 0 Å². The van der Waals surface area contributed by atoms with Crippen LogP contribution in [-0.2, 0) is 6.42 Å². The first-order valence-electron chi connectivity index (χ1n) is 6.53. The van der Waals surface area contributed by atoms with Gasteiger partial charge in [-0.2, -0.15) is 0 Å². The summed E-state index contributed by atoms with van der Waals surface area (Å²) in [5.74, 6) is 0.785. The highest BCUT2D eigenvalue weighted by molar-refractivity contribution is 6.10. The summed E-state index contributed by atoms with van der Waals surface area (Å²) in [6, 6.07) is 10.4. The van der Waals surface area contributed by atoms with Crippen molar-refractivity contribution in [3.05, 3.63) is 53.1 Å². The molecule has 1 heterocycles. The number of carbonyl (C=O) groups excluding carboxylic acids is 1. The molecule has 4 nitrogen and oxygen atoms in total. The minimum Gasteiger partial charge on any atom is -0.490 e. The van der Waals surface area contributed by atoms with Crippen LogP contribution in [0.25, 0.3) is 0 Å². The molecule has 102 valence electrons. The molecule has 1 aliphatic rings. The SMILES string of the molecule is CC1Cc2cc(C(=O)c3cc(N)cc(N)c3)ccc2O1. The fourth-order valence-corrected chi connectivity index (χ4v) is 2.54. The van der Waals surface area contributed by atoms with Crippen molar-refractivity contribution >= 4 is 17.2 Å². The second-order valence-electron chi connectivity index (χ2n) is 5.17. The number of hydrogen-bond acceptors (Lipinski definition) is 4. The zero-order chi connectivity index (χ0) is 14.3. The van der Waals surface area contributed by atoms with E-state index in [9.17, 15) is 4.79 Å². The van der Waals surface area contributed by atoms with Gasteiger partial charge in [-0.05, 0) is 48.9 Å². The third-order valence-corrected chi connectivity index (χ3v) is 3.40. The van der Waals surface area contributed by atoms with Gasteiger partial charge in [0.2, 0.25) is 0 Å². The number of ether oxygens (including phenoxy) is 1. The van der Waals surface area contributed by atoms with Crippen LogP contribution >= 0.6 is 0 Å². The van der Waals surface area contributed by atoms with Gasteiger partial charge >= 0.3 is 0 Å². The summed E-state index contributed by atoms with van der Waals surface area (Å²) < 4.78 is 5.63. The minimum atomic E-state index is -0.0775. The molecule has 0 bridgehead atoms. The van der Waals surface area contributed by atoms with Crippen molar-refractivity contribution in [2.45, 2.75) is 19.4 Å². The fourth-order valence-electron chi connectivity index (χ4n) is 2.54. The molecule has 1 unspecified atom stereocenters. The van der Waals surface area contributed by atoms with E-state index < -0.39 is 0 Å². The molecule has 20 heavy (non-hydrogen) atoms. The van der Waals surface area contributed by atoms with E-state index in [2.05, 4.69) is 0 Å². The van der Waals surface area contributed by atoms with Gasteiger partial charge in [0.15, 0.2) is 5.78 Å². The highest BCUT2D eigenvalue weighted by Gasteiger charge is 2.21. The van der Waals surface area contributed by atoms with Crippen molar-refractivity contribution in [3.63, 3.8) is 0 Å². The van der Waals surface area contributed by atoms with Gasteiger partial charge < -0.3 is 16.2 Å². The number of carbonyl (C=O) groups is 1. The quantitative estimate of drug-likeness (QED) is 0.647. The summed E-state index contributed by atoms with van der Waals surface area (Å²) in [5, 5.41) is 0. The van der Waals surface area contributed by atoms with Crippen molar-refractivity contribution in [2.24, 2.45) is 0 Å². The van der Waals surface area contributed by atoms with Crippen LogP contribution in [0.15, 0.2) is 36.4 Å². The monoisotopic (exact) mass is 268 g/mol. The van der Waals surface area contributed by atoms with Gasteiger partial charge in [0.1, 0.15) is 11.9 Å². The summed E-state index contributed by atoms with van der Waals surface area (Å²) >= 11 is 0. The number of nitrogens with two attached hydrogens (primary N) is 2. The maximum atomic E-state index is 12.5. The molecule has 0 saturated heterocycles. The molecule has 0 radical (unpaired) electrons. The lowest BCUT2D eigenvalue weighted by Crippen LogP contribution is -2.05. The van der Waals surface area contributed by atoms with E-state index in [0.29, 0.717) is 22.5 Å². The summed E-state index contributed by atoms with van der Waals surface area (Å²) in [7, 11) is 0. The molecule has 1 aliphatic heterocycles. The van der Waals surface area contributed by atoms with E-state index in [1.54, 1.807) is 24.3 Å². The van der Waals surface area contributed by atoms with Gasteiger partial charge in [-0.3, -0.25) is 4.79 Å². The molecule has 2 aromatic carbocycles. The second kappa shape index (κ2) is 4.56. The average Bonchev–Trinajstić information content (AvgIpc) is 2.75. The van der Waals surface area contributed by atoms with E-state index in [4.69, 9.17) is 16.2 Å². The summed E-state index contributed by atoms with van der Waals surface area (Å²) in [4.78, 5) is 12.5. The van der Waals surface area contributed by atoms with Crippen LogP contribution in [0.4, 0.5) is 11.4 Å². The molecule has 0 aromatic heterocycles. The van der Waals surface area contributed by atoms with Gasteiger partial charge in [0.05, 0.1) is 0 Å². The van der Waals surface area contributed by atoms with Crippen LogP contribution in [0.3, 0.4) is 0 Å². The van der Waals surface area contributed by atoms with Crippen molar-refractivity contribution in [3.8, 4) is 5.75 Å². The lowest BCUT2D eigenvalue weighted by Gasteiger charge is -2.06. The van der Waals surface area contributed by atoms with Crippen LogP contribution in [0, 0.1) is 0 Å². The molecule has 0 spiro atoms. The molecule has 0 aliphatic carbocycles. The second-order valence-corrected chi connectivity index (χ2v) is 5.17. The number of rotatable bonds is 2. The summed E-state index contributed by atoms with van der Waals surface area (Å²) in [6.07, 6.45) is 0.994. The van der Waals surface area contributed by atoms with Gasteiger partial charge in [-0.25, -0.2) is 0 Å². The van der Waals surface area contributed by atoms with Crippen LogP contribution in [0.5, 0.6) is 5.75 Å². The van der Waals surface area contributed by atoms with Gasteiger partial charge in [0, 0.05) is 28.9 Å². The Labute approximate surface area is 117 Å². The van der Waals surface area contributed by atoms with Crippen LogP contribution < -0.4 is 16.2 Å². The third kappa shape index (κ3) is 2.20. The first-order chi connectivity index (χ1) is 9.52. The average molecular weight is 268 g/mol. The van der Waals surface area contributed by atoms with E-state index >= 15 is 0 Å². The Balaban J connectivity index is 1.97. The molecule has 1 atom stereocenters. The van der Waals surface area contributed by atoms with Crippen molar-refractivity contribution in [1.29, 1.82) is 0 Å². The fraction of sp³-hybridized carbons (Fsp3) is 0.188. The first-order valence-corrected chi connectivity index (χ1v) is 6.53. The molecule has 0 saturated carbocycles. The van der Waals surface area contributed by atoms with E-state index in [-0.39, 0.29) is 11.9 Å². The van der Waals surface area contributed by atoms with Crippen molar-refractivity contribution in [1.82, 2.24) is 0 Å². The maximum Gasteiger partial charge on any atom is 0.193 e. The Bertz CT molecular complexity index is 675. The predicted octanol–water partition coefficient (Wildman–Crippen LogP) is 2.41. The largest absolute Gasteiger partial charge is 0.490 e. The van der Waals surface area contributed by atoms with Crippen molar-refractivity contribution < 1.29 is 9.53 Å². The summed E-state index contributed by atoms with van der Waals surface area (Å²) in [6.45, 7) is 2.01. The Kier molecular flexibility index (Phi) is 2.86. The predicted molar refractivity (Wildman–Crippen MR) is 78.9 cm³/mol. The smallest absolute Gasteiger partial charge is 0.193 e. The Morgan fingerprint density at radius 3 is 2.50 bits per heavy atom. The topological polar surface area (TPSA) is 78.3 Å². The zero-order valence-corrected chi connectivity index (χ0v) is 11.2. The van der Waals surface area contributed by atoms with E-state index in [1.165, 1.54) is 0 Å². The van der Waals surface area contributed by atoms with Crippen molar-refractivity contribution in [2.75, 3.05) is 11.5 Å².